The normalized spacial score (nSPS) is 26.6. The number of nitrogens with zero attached hydrogens (tertiary/aromatic N) is 1. The molecule has 1 aliphatic carbocycles. The van der Waals surface area contributed by atoms with Gasteiger partial charge in [0.2, 0.25) is 0 Å². The van der Waals surface area contributed by atoms with E-state index in [2.05, 4.69) is 49.1 Å². The van der Waals surface area contributed by atoms with E-state index in [-0.39, 0.29) is 11.5 Å². The molecule has 0 fully saturated rings. The topological polar surface area (TPSA) is 23.5 Å². The van der Waals surface area contributed by atoms with Crippen molar-refractivity contribution in [3.8, 4) is 0 Å². The van der Waals surface area contributed by atoms with Gasteiger partial charge in [0.25, 0.3) is 0 Å². The molecule has 1 N–H and O–H groups in total. The fourth-order valence-corrected chi connectivity index (χ4v) is 3.46. The van der Waals surface area contributed by atoms with Gasteiger partial charge >= 0.3 is 0 Å². The molecule has 0 bridgehead atoms. The minimum absolute atomic E-state index is 0.0351. The zero-order chi connectivity index (χ0) is 13.5. The van der Waals surface area contributed by atoms with Gasteiger partial charge in [-0.15, -0.1) is 0 Å². The summed E-state index contributed by atoms with van der Waals surface area (Å²) in [5.41, 5.74) is 4.21. The van der Waals surface area contributed by atoms with Gasteiger partial charge in [0.1, 0.15) is 0 Å². The van der Waals surface area contributed by atoms with Crippen LogP contribution in [0, 0.1) is 5.41 Å². The molecule has 2 heteroatoms. The molecule has 0 saturated carbocycles. The molecule has 19 heavy (non-hydrogen) atoms. The Bertz CT molecular complexity index is 489. The molecule has 3 rings (SSSR count). The van der Waals surface area contributed by atoms with Crippen LogP contribution in [0.1, 0.15) is 32.3 Å². The van der Waals surface area contributed by atoms with Crippen LogP contribution in [-0.4, -0.2) is 29.2 Å². The van der Waals surface area contributed by atoms with Gasteiger partial charge in [-0.05, 0) is 29.4 Å². The Balaban J connectivity index is 1.71. The van der Waals surface area contributed by atoms with Crippen molar-refractivity contribution in [3.63, 3.8) is 0 Å². The van der Waals surface area contributed by atoms with Crippen molar-refractivity contribution in [2.75, 3.05) is 13.1 Å². The largest absolute Gasteiger partial charge is 0.388 e. The minimum Gasteiger partial charge on any atom is -0.388 e. The second-order valence-corrected chi connectivity index (χ2v) is 6.64. The van der Waals surface area contributed by atoms with E-state index in [1.807, 2.05) is 0 Å². The fraction of sp³-hybridized carbons (Fsp3) is 0.529. The van der Waals surface area contributed by atoms with E-state index in [1.165, 1.54) is 16.7 Å². The van der Waals surface area contributed by atoms with Crippen LogP contribution >= 0.6 is 0 Å². The van der Waals surface area contributed by atoms with Crippen LogP contribution in [0.2, 0.25) is 0 Å². The standard InChI is InChI=1S/C17H23NO/c1-17(2)10-14-8-9-18(12-15(14)16(17)19)11-13-6-4-3-5-7-13/h3-7,16,19H,8-12H2,1-2H3. The van der Waals surface area contributed by atoms with Crippen LogP contribution in [0.3, 0.4) is 0 Å². The fourth-order valence-electron chi connectivity index (χ4n) is 3.46. The van der Waals surface area contributed by atoms with Gasteiger partial charge < -0.3 is 5.11 Å². The Kier molecular flexibility index (Phi) is 3.23. The smallest absolute Gasteiger partial charge is 0.0819 e. The highest BCUT2D eigenvalue weighted by Crippen LogP contribution is 2.44. The van der Waals surface area contributed by atoms with Gasteiger partial charge in [-0.25, -0.2) is 0 Å². The number of aliphatic hydroxyl groups excluding tert-OH is 1. The molecular weight excluding hydrogens is 234 g/mol. The van der Waals surface area contributed by atoms with E-state index in [9.17, 15) is 5.11 Å². The maximum absolute atomic E-state index is 10.5. The Hall–Kier alpha value is -1.12. The Morgan fingerprint density at radius 1 is 1.26 bits per heavy atom. The van der Waals surface area contributed by atoms with Crippen LogP contribution < -0.4 is 0 Å². The number of hydrogen-bond donors (Lipinski definition) is 1. The zero-order valence-electron chi connectivity index (χ0n) is 11.9. The van der Waals surface area contributed by atoms with Crippen molar-refractivity contribution in [3.05, 3.63) is 47.0 Å². The molecular formula is C17H23NO. The number of rotatable bonds is 2. The zero-order valence-corrected chi connectivity index (χ0v) is 11.9. The first-order valence-electron chi connectivity index (χ1n) is 7.21. The van der Waals surface area contributed by atoms with Gasteiger partial charge in [-0.1, -0.05) is 49.8 Å². The molecule has 1 atom stereocenters. The summed E-state index contributed by atoms with van der Waals surface area (Å²) in [6, 6.07) is 10.6. The van der Waals surface area contributed by atoms with Crippen molar-refractivity contribution < 1.29 is 5.11 Å². The average Bonchev–Trinajstić information content (AvgIpc) is 2.62. The molecule has 1 aliphatic heterocycles. The molecule has 0 amide bonds. The van der Waals surface area contributed by atoms with E-state index >= 15 is 0 Å². The van der Waals surface area contributed by atoms with Gasteiger partial charge in [0.05, 0.1) is 6.10 Å². The van der Waals surface area contributed by atoms with Crippen LogP contribution in [-0.2, 0) is 6.54 Å². The Morgan fingerprint density at radius 3 is 2.74 bits per heavy atom. The third-order valence-electron chi connectivity index (χ3n) is 4.57. The van der Waals surface area contributed by atoms with Crippen LogP contribution in [0.15, 0.2) is 41.5 Å². The van der Waals surface area contributed by atoms with Crippen molar-refractivity contribution in [1.29, 1.82) is 0 Å². The molecule has 0 aromatic heterocycles. The Morgan fingerprint density at radius 2 is 2.00 bits per heavy atom. The Labute approximate surface area is 115 Å². The lowest BCUT2D eigenvalue weighted by Crippen LogP contribution is -2.34. The van der Waals surface area contributed by atoms with E-state index in [0.717, 1.165) is 32.5 Å². The number of hydrogen-bond acceptors (Lipinski definition) is 2. The van der Waals surface area contributed by atoms with Gasteiger partial charge in [-0.2, -0.15) is 0 Å². The van der Waals surface area contributed by atoms with Crippen molar-refractivity contribution in [1.82, 2.24) is 4.90 Å². The monoisotopic (exact) mass is 257 g/mol. The molecule has 0 radical (unpaired) electrons. The second-order valence-electron chi connectivity index (χ2n) is 6.64. The summed E-state index contributed by atoms with van der Waals surface area (Å²) in [6.07, 6.45) is 1.95. The predicted molar refractivity (Wildman–Crippen MR) is 77.8 cm³/mol. The first-order valence-corrected chi connectivity index (χ1v) is 7.21. The summed E-state index contributed by atoms with van der Waals surface area (Å²) in [7, 11) is 0. The van der Waals surface area contributed by atoms with Crippen LogP contribution in [0.25, 0.3) is 0 Å². The van der Waals surface area contributed by atoms with E-state index in [4.69, 9.17) is 0 Å². The summed E-state index contributed by atoms with van der Waals surface area (Å²) >= 11 is 0. The van der Waals surface area contributed by atoms with E-state index in [1.54, 1.807) is 0 Å². The number of benzene rings is 1. The summed E-state index contributed by atoms with van der Waals surface area (Å²) in [4.78, 5) is 2.46. The average molecular weight is 257 g/mol. The summed E-state index contributed by atoms with van der Waals surface area (Å²) in [5, 5.41) is 10.5. The second kappa shape index (κ2) is 4.77. The highest BCUT2D eigenvalue weighted by molar-refractivity contribution is 5.32. The van der Waals surface area contributed by atoms with Gasteiger partial charge in [0.15, 0.2) is 0 Å². The molecule has 0 spiro atoms. The highest BCUT2D eigenvalue weighted by Gasteiger charge is 2.41. The summed E-state index contributed by atoms with van der Waals surface area (Å²) < 4.78 is 0. The van der Waals surface area contributed by atoms with E-state index < -0.39 is 0 Å². The van der Waals surface area contributed by atoms with Crippen LogP contribution in [0.5, 0.6) is 0 Å². The third-order valence-corrected chi connectivity index (χ3v) is 4.57. The molecule has 2 aliphatic rings. The molecule has 102 valence electrons. The van der Waals surface area contributed by atoms with Gasteiger partial charge in [-0.3, -0.25) is 4.90 Å². The SMILES string of the molecule is CC1(C)CC2=C(CN(Cc3ccccc3)CC2)C1O. The molecule has 1 unspecified atom stereocenters. The highest BCUT2D eigenvalue weighted by atomic mass is 16.3. The summed E-state index contributed by atoms with van der Waals surface area (Å²) in [5.74, 6) is 0. The predicted octanol–water partition coefficient (Wildman–Crippen LogP) is 2.98. The quantitative estimate of drug-likeness (QED) is 0.823. The molecule has 1 aromatic carbocycles. The maximum Gasteiger partial charge on any atom is 0.0819 e. The van der Waals surface area contributed by atoms with Crippen molar-refractivity contribution in [2.45, 2.75) is 39.3 Å². The molecule has 2 nitrogen and oxygen atoms in total. The number of aliphatic hydroxyl groups is 1. The molecule has 1 heterocycles. The first-order chi connectivity index (χ1) is 9.06. The molecule has 0 saturated heterocycles. The van der Waals surface area contributed by atoms with Crippen molar-refractivity contribution in [2.24, 2.45) is 5.41 Å². The molecule has 1 aromatic rings. The lowest BCUT2D eigenvalue weighted by atomic mass is 9.86. The van der Waals surface area contributed by atoms with Gasteiger partial charge in [0, 0.05) is 19.6 Å². The minimum atomic E-state index is -0.249. The third kappa shape index (κ3) is 2.47. The summed E-state index contributed by atoms with van der Waals surface area (Å²) in [6.45, 7) is 7.41. The lowest BCUT2D eigenvalue weighted by Gasteiger charge is -2.30. The lowest BCUT2D eigenvalue weighted by molar-refractivity contribution is 0.0910. The van der Waals surface area contributed by atoms with Crippen LogP contribution in [0.4, 0.5) is 0 Å². The van der Waals surface area contributed by atoms with Crippen molar-refractivity contribution >= 4 is 0 Å². The maximum atomic E-state index is 10.5. The van der Waals surface area contributed by atoms with E-state index in [0.29, 0.717) is 0 Å². The first kappa shape index (κ1) is 12.9.